The minimum atomic E-state index is -0.311. The summed E-state index contributed by atoms with van der Waals surface area (Å²) in [5.41, 5.74) is 1.74. The summed E-state index contributed by atoms with van der Waals surface area (Å²) in [5, 5.41) is 5.63. The Morgan fingerprint density at radius 2 is 1.85 bits per heavy atom. The zero-order valence-electron chi connectivity index (χ0n) is 14.4. The predicted molar refractivity (Wildman–Crippen MR) is 98.4 cm³/mol. The number of nitrogens with zero attached hydrogens (tertiary/aromatic N) is 1. The summed E-state index contributed by atoms with van der Waals surface area (Å²) in [6.45, 7) is 3.59. The van der Waals surface area contributed by atoms with Gasteiger partial charge in [-0.05, 0) is 36.4 Å². The van der Waals surface area contributed by atoms with Crippen LogP contribution in [0.4, 0.5) is 20.6 Å². The molecule has 138 valence electrons. The number of urea groups is 1. The van der Waals surface area contributed by atoms with E-state index in [9.17, 15) is 9.18 Å². The van der Waals surface area contributed by atoms with Crippen LogP contribution >= 0.6 is 0 Å². The second-order valence-corrected chi connectivity index (χ2v) is 5.80. The number of para-hydroxylation sites is 2. The number of ether oxygens (including phenoxy) is 2. The summed E-state index contributed by atoms with van der Waals surface area (Å²) in [5.74, 6) is 0.250. The first-order chi connectivity index (χ1) is 12.7. The van der Waals surface area contributed by atoms with Gasteiger partial charge in [0.25, 0.3) is 0 Å². The molecular formula is C19H22FN3O3. The molecule has 0 unspecified atom stereocenters. The molecule has 0 radical (unpaired) electrons. The van der Waals surface area contributed by atoms with Gasteiger partial charge in [-0.3, -0.25) is 0 Å². The van der Waals surface area contributed by atoms with Gasteiger partial charge in [-0.2, -0.15) is 0 Å². The Morgan fingerprint density at radius 3 is 2.62 bits per heavy atom. The lowest BCUT2D eigenvalue weighted by molar-refractivity contribution is 0.123. The first-order valence-corrected chi connectivity index (χ1v) is 8.57. The van der Waals surface area contributed by atoms with Crippen LogP contribution < -0.4 is 20.3 Å². The molecule has 6 nitrogen and oxygen atoms in total. The summed E-state index contributed by atoms with van der Waals surface area (Å²) in [4.78, 5) is 14.3. The second-order valence-electron chi connectivity index (χ2n) is 5.80. The number of amides is 2. The van der Waals surface area contributed by atoms with Gasteiger partial charge in [-0.1, -0.05) is 12.1 Å². The fraction of sp³-hybridized carbons (Fsp3) is 0.316. The van der Waals surface area contributed by atoms with Crippen LogP contribution in [0.2, 0.25) is 0 Å². The van der Waals surface area contributed by atoms with Crippen LogP contribution in [-0.4, -0.2) is 45.5 Å². The molecule has 0 bridgehead atoms. The maximum Gasteiger partial charge on any atom is 0.319 e. The highest BCUT2D eigenvalue weighted by Gasteiger charge is 2.15. The molecule has 26 heavy (non-hydrogen) atoms. The molecule has 0 saturated carbocycles. The number of rotatable bonds is 6. The standard InChI is InChI=1S/C19H22FN3O3/c20-15-5-7-16(8-6-15)26-12-9-21-19(24)22-17-3-1-2-4-18(17)23-10-13-25-14-11-23/h1-8H,9-14H2,(H2,21,22,24). The Hall–Kier alpha value is -2.80. The smallest absolute Gasteiger partial charge is 0.319 e. The fourth-order valence-electron chi connectivity index (χ4n) is 2.69. The monoisotopic (exact) mass is 359 g/mol. The largest absolute Gasteiger partial charge is 0.492 e. The SMILES string of the molecule is O=C(NCCOc1ccc(F)cc1)Nc1ccccc1N1CCOCC1. The Morgan fingerprint density at radius 1 is 1.12 bits per heavy atom. The number of hydrogen-bond donors (Lipinski definition) is 2. The molecule has 3 rings (SSSR count). The van der Waals surface area contributed by atoms with E-state index in [1.807, 2.05) is 24.3 Å². The van der Waals surface area contributed by atoms with Gasteiger partial charge >= 0.3 is 6.03 Å². The number of halogens is 1. The Bertz CT molecular complexity index is 718. The molecular weight excluding hydrogens is 337 g/mol. The first kappa shape index (κ1) is 18.0. The molecule has 2 N–H and O–H groups in total. The minimum Gasteiger partial charge on any atom is -0.492 e. The summed E-state index contributed by atoms with van der Waals surface area (Å²) < 4.78 is 23.6. The van der Waals surface area contributed by atoms with E-state index < -0.39 is 0 Å². The van der Waals surface area contributed by atoms with Crippen molar-refractivity contribution in [1.82, 2.24) is 5.32 Å². The maximum absolute atomic E-state index is 12.8. The Kier molecular flexibility index (Phi) is 6.27. The quantitative estimate of drug-likeness (QED) is 0.779. The van der Waals surface area contributed by atoms with E-state index in [-0.39, 0.29) is 11.8 Å². The third-order valence-corrected chi connectivity index (χ3v) is 3.97. The lowest BCUT2D eigenvalue weighted by Crippen LogP contribution is -2.37. The van der Waals surface area contributed by atoms with Gasteiger partial charge in [0.15, 0.2) is 0 Å². The molecule has 2 aromatic carbocycles. The molecule has 1 aliphatic rings. The van der Waals surface area contributed by atoms with Crippen molar-refractivity contribution in [2.75, 3.05) is 49.7 Å². The van der Waals surface area contributed by atoms with Crippen LogP contribution in [0.25, 0.3) is 0 Å². The van der Waals surface area contributed by atoms with E-state index >= 15 is 0 Å². The van der Waals surface area contributed by atoms with Crippen LogP contribution in [0, 0.1) is 5.82 Å². The number of benzene rings is 2. The van der Waals surface area contributed by atoms with Crippen LogP contribution in [-0.2, 0) is 4.74 Å². The zero-order chi connectivity index (χ0) is 18.2. The third kappa shape index (κ3) is 5.10. The van der Waals surface area contributed by atoms with E-state index in [2.05, 4.69) is 15.5 Å². The second kappa shape index (κ2) is 9.05. The summed E-state index contributed by atoms with van der Waals surface area (Å²) in [6, 6.07) is 13.2. The number of nitrogens with one attached hydrogen (secondary N) is 2. The van der Waals surface area contributed by atoms with Gasteiger partial charge in [0.1, 0.15) is 18.2 Å². The van der Waals surface area contributed by atoms with E-state index in [1.165, 1.54) is 12.1 Å². The molecule has 0 atom stereocenters. The van der Waals surface area contributed by atoms with E-state index in [0.717, 1.165) is 24.5 Å². The van der Waals surface area contributed by atoms with Crippen molar-refractivity contribution in [2.24, 2.45) is 0 Å². The molecule has 2 aromatic rings. The average Bonchev–Trinajstić information content (AvgIpc) is 2.68. The highest BCUT2D eigenvalue weighted by molar-refractivity contribution is 5.93. The number of morpholine rings is 1. The van der Waals surface area contributed by atoms with E-state index in [0.29, 0.717) is 32.1 Å². The molecule has 0 aliphatic carbocycles. The van der Waals surface area contributed by atoms with Crippen LogP contribution in [0.3, 0.4) is 0 Å². The molecule has 1 heterocycles. The molecule has 1 aliphatic heterocycles. The van der Waals surface area contributed by atoms with Gasteiger partial charge < -0.3 is 25.0 Å². The molecule has 1 saturated heterocycles. The zero-order valence-corrected chi connectivity index (χ0v) is 14.4. The number of carbonyl (C=O) groups is 1. The molecule has 0 aromatic heterocycles. The minimum absolute atomic E-state index is 0.296. The fourth-order valence-corrected chi connectivity index (χ4v) is 2.69. The Labute approximate surface area is 151 Å². The normalized spacial score (nSPS) is 14.0. The molecule has 7 heteroatoms. The number of anilines is 2. The first-order valence-electron chi connectivity index (χ1n) is 8.57. The lowest BCUT2D eigenvalue weighted by Gasteiger charge is -2.30. The van der Waals surface area contributed by atoms with Crippen molar-refractivity contribution in [3.63, 3.8) is 0 Å². The van der Waals surface area contributed by atoms with Gasteiger partial charge in [-0.25, -0.2) is 9.18 Å². The van der Waals surface area contributed by atoms with Gasteiger partial charge in [-0.15, -0.1) is 0 Å². The van der Waals surface area contributed by atoms with E-state index in [1.54, 1.807) is 12.1 Å². The summed E-state index contributed by atoms with van der Waals surface area (Å²) in [7, 11) is 0. The van der Waals surface area contributed by atoms with Crippen LogP contribution in [0.15, 0.2) is 48.5 Å². The van der Waals surface area contributed by atoms with Crippen molar-refractivity contribution >= 4 is 17.4 Å². The lowest BCUT2D eigenvalue weighted by atomic mass is 10.2. The van der Waals surface area contributed by atoms with Crippen molar-refractivity contribution in [1.29, 1.82) is 0 Å². The van der Waals surface area contributed by atoms with Crippen molar-refractivity contribution in [3.05, 3.63) is 54.3 Å². The highest BCUT2D eigenvalue weighted by atomic mass is 19.1. The van der Waals surface area contributed by atoms with Gasteiger partial charge in [0, 0.05) is 13.1 Å². The van der Waals surface area contributed by atoms with Crippen molar-refractivity contribution in [2.45, 2.75) is 0 Å². The predicted octanol–water partition coefficient (Wildman–Crippen LogP) is 2.86. The summed E-state index contributed by atoms with van der Waals surface area (Å²) in [6.07, 6.45) is 0. The van der Waals surface area contributed by atoms with E-state index in [4.69, 9.17) is 9.47 Å². The third-order valence-electron chi connectivity index (χ3n) is 3.97. The molecule has 2 amide bonds. The van der Waals surface area contributed by atoms with Gasteiger partial charge in [0.2, 0.25) is 0 Å². The molecule has 0 spiro atoms. The topological polar surface area (TPSA) is 62.8 Å². The Balaban J connectivity index is 1.46. The van der Waals surface area contributed by atoms with Gasteiger partial charge in [0.05, 0.1) is 31.1 Å². The maximum atomic E-state index is 12.8. The number of hydrogen-bond acceptors (Lipinski definition) is 4. The highest BCUT2D eigenvalue weighted by Crippen LogP contribution is 2.26. The molecule has 1 fully saturated rings. The summed E-state index contributed by atoms with van der Waals surface area (Å²) >= 11 is 0. The average molecular weight is 359 g/mol. The van der Waals surface area contributed by atoms with Crippen molar-refractivity contribution < 1.29 is 18.7 Å². The van der Waals surface area contributed by atoms with Crippen LogP contribution in [0.5, 0.6) is 5.75 Å². The van der Waals surface area contributed by atoms with Crippen LogP contribution in [0.1, 0.15) is 0 Å². The van der Waals surface area contributed by atoms with Crippen molar-refractivity contribution in [3.8, 4) is 5.75 Å². The number of carbonyl (C=O) groups excluding carboxylic acids is 1.